The van der Waals surface area contributed by atoms with E-state index in [1.54, 1.807) is 0 Å². The van der Waals surface area contributed by atoms with Gasteiger partial charge in [0.1, 0.15) is 5.78 Å². The number of Topliss-reactive ketones (excluding diaryl/α,β-unsaturated/α-hetero) is 1. The van der Waals surface area contributed by atoms with E-state index in [9.17, 15) is 4.79 Å². The quantitative estimate of drug-likeness (QED) is 0.594. The van der Waals surface area contributed by atoms with Gasteiger partial charge in [-0.3, -0.25) is 4.79 Å². The molecular formula is C12H18O. The molecule has 2 saturated carbocycles. The minimum absolute atomic E-state index is 0.306. The third kappa shape index (κ3) is 1.17. The van der Waals surface area contributed by atoms with Crippen molar-refractivity contribution in [1.29, 1.82) is 0 Å². The summed E-state index contributed by atoms with van der Waals surface area (Å²) in [7, 11) is 0. The number of allylic oxidation sites excluding steroid dienone is 1. The van der Waals surface area contributed by atoms with Crippen LogP contribution in [0.5, 0.6) is 0 Å². The highest BCUT2D eigenvalue weighted by Gasteiger charge is 2.66. The Morgan fingerprint density at radius 1 is 1.62 bits per heavy atom. The Labute approximate surface area is 80.2 Å². The summed E-state index contributed by atoms with van der Waals surface area (Å²) in [5.41, 5.74) is 1.47. The molecular weight excluding hydrogens is 160 g/mol. The maximum atomic E-state index is 11.9. The van der Waals surface area contributed by atoms with E-state index in [0.29, 0.717) is 29.0 Å². The van der Waals surface area contributed by atoms with E-state index in [1.165, 1.54) is 0 Å². The molecule has 72 valence electrons. The Balaban J connectivity index is 2.02. The van der Waals surface area contributed by atoms with E-state index in [0.717, 1.165) is 18.4 Å². The third-order valence-corrected chi connectivity index (χ3v) is 3.89. The minimum Gasteiger partial charge on any atom is -0.299 e. The van der Waals surface area contributed by atoms with Crippen LogP contribution in [0.25, 0.3) is 0 Å². The fourth-order valence-corrected chi connectivity index (χ4v) is 3.03. The van der Waals surface area contributed by atoms with E-state index in [-0.39, 0.29) is 0 Å². The fourth-order valence-electron chi connectivity index (χ4n) is 3.03. The highest BCUT2D eigenvalue weighted by atomic mass is 16.1. The first kappa shape index (κ1) is 8.98. The predicted octanol–water partition coefficient (Wildman–Crippen LogP) is 2.81. The van der Waals surface area contributed by atoms with Crippen molar-refractivity contribution >= 4 is 5.78 Å². The van der Waals surface area contributed by atoms with Crippen LogP contribution in [0.2, 0.25) is 0 Å². The van der Waals surface area contributed by atoms with Crippen molar-refractivity contribution in [2.75, 3.05) is 0 Å². The van der Waals surface area contributed by atoms with Crippen molar-refractivity contribution in [3.8, 4) is 0 Å². The van der Waals surface area contributed by atoms with Gasteiger partial charge in [-0.15, -0.1) is 6.58 Å². The molecule has 2 aliphatic carbocycles. The molecule has 3 atom stereocenters. The highest BCUT2D eigenvalue weighted by molar-refractivity contribution is 5.90. The van der Waals surface area contributed by atoms with Crippen molar-refractivity contribution in [3.05, 3.63) is 12.2 Å². The molecule has 1 heteroatoms. The van der Waals surface area contributed by atoms with Crippen LogP contribution in [0.4, 0.5) is 0 Å². The Hall–Kier alpha value is -0.590. The van der Waals surface area contributed by atoms with Gasteiger partial charge in [-0.05, 0) is 31.1 Å². The summed E-state index contributed by atoms with van der Waals surface area (Å²) in [6.07, 6.45) is 2.03. The molecule has 13 heavy (non-hydrogen) atoms. The molecule has 0 spiro atoms. The number of fused-ring (bicyclic) bond motifs is 1. The zero-order valence-electron chi connectivity index (χ0n) is 8.76. The van der Waals surface area contributed by atoms with Crippen LogP contribution in [-0.2, 0) is 4.79 Å². The largest absolute Gasteiger partial charge is 0.299 e. The van der Waals surface area contributed by atoms with Gasteiger partial charge in [0.25, 0.3) is 0 Å². The molecule has 0 N–H and O–H groups in total. The lowest BCUT2D eigenvalue weighted by Crippen LogP contribution is -2.17. The first-order chi connectivity index (χ1) is 5.94. The molecule has 0 radical (unpaired) electrons. The van der Waals surface area contributed by atoms with Gasteiger partial charge in [0.15, 0.2) is 0 Å². The first-order valence-corrected chi connectivity index (χ1v) is 5.12. The number of hydrogen-bond donors (Lipinski definition) is 0. The van der Waals surface area contributed by atoms with Gasteiger partial charge in [0, 0.05) is 11.8 Å². The fraction of sp³-hybridized carbons (Fsp3) is 0.750. The van der Waals surface area contributed by atoms with Crippen LogP contribution < -0.4 is 0 Å². The molecule has 0 bridgehead atoms. The van der Waals surface area contributed by atoms with E-state index in [2.05, 4.69) is 20.4 Å². The van der Waals surface area contributed by atoms with Gasteiger partial charge >= 0.3 is 0 Å². The summed E-state index contributed by atoms with van der Waals surface area (Å²) < 4.78 is 0. The molecule has 0 aromatic heterocycles. The molecule has 0 aromatic rings. The molecule has 0 saturated heterocycles. The zero-order valence-corrected chi connectivity index (χ0v) is 8.76. The van der Waals surface area contributed by atoms with Crippen LogP contribution in [0.15, 0.2) is 12.2 Å². The van der Waals surface area contributed by atoms with Crippen molar-refractivity contribution < 1.29 is 4.79 Å². The van der Waals surface area contributed by atoms with E-state index in [4.69, 9.17) is 0 Å². The summed E-state index contributed by atoms with van der Waals surface area (Å²) in [6.45, 7) is 10.3. The number of carbonyl (C=O) groups is 1. The minimum atomic E-state index is 0.306. The van der Waals surface area contributed by atoms with Gasteiger partial charge in [-0.1, -0.05) is 19.4 Å². The summed E-state index contributed by atoms with van der Waals surface area (Å²) in [5.74, 6) is 1.89. The van der Waals surface area contributed by atoms with Gasteiger partial charge in [0.2, 0.25) is 0 Å². The molecule has 2 rings (SSSR count). The number of ketones is 1. The first-order valence-electron chi connectivity index (χ1n) is 5.12. The lowest BCUT2D eigenvalue weighted by molar-refractivity contribution is -0.123. The summed E-state index contributed by atoms with van der Waals surface area (Å²) in [5, 5.41) is 0. The van der Waals surface area contributed by atoms with Crippen molar-refractivity contribution in [2.45, 2.75) is 33.6 Å². The van der Waals surface area contributed by atoms with Gasteiger partial charge in [-0.25, -0.2) is 0 Å². The molecule has 0 aromatic carbocycles. The molecule has 2 aliphatic rings. The van der Waals surface area contributed by atoms with E-state index >= 15 is 0 Å². The normalized spacial score (nSPS) is 40.2. The second kappa shape index (κ2) is 2.46. The maximum absolute atomic E-state index is 11.9. The van der Waals surface area contributed by atoms with Crippen LogP contribution >= 0.6 is 0 Å². The summed E-state index contributed by atoms with van der Waals surface area (Å²) in [4.78, 5) is 11.9. The number of carbonyl (C=O) groups excluding carboxylic acids is 1. The van der Waals surface area contributed by atoms with Crippen LogP contribution in [0, 0.1) is 23.2 Å². The van der Waals surface area contributed by atoms with E-state index < -0.39 is 0 Å². The lowest BCUT2D eigenvalue weighted by Gasteiger charge is -2.15. The second-order valence-corrected chi connectivity index (χ2v) is 5.40. The standard InChI is InChI=1S/C12H18O/c1-7(2)5-8-6-9-10(11(8)13)12(9,3)4/h8-10H,1,5-6H2,2-4H3/t8-,9-,10-/m1/s1. The third-order valence-electron chi connectivity index (χ3n) is 3.89. The Morgan fingerprint density at radius 2 is 2.23 bits per heavy atom. The number of hydrogen-bond acceptors (Lipinski definition) is 1. The highest BCUT2D eigenvalue weighted by Crippen LogP contribution is 2.66. The Morgan fingerprint density at radius 3 is 2.62 bits per heavy atom. The van der Waals surface area contributed by atoms with Gasteiger partial charge in [-0.2, -0.15) is 0 Å². The average molecular weight is 178 g/mol. The molecule has 0 heterocycles. The van der Waals surface area contributed by atoms with Gasteiger partial charge in [0.05, 0.1) is 0 Å². The van der Waals surface area contributed by atoms with Crippen molar-refractivity contribution in [3.63, 3.8) is 0 Å². The van der Waals surface area contributed by atoms with E-state index in [1.807, 2.05) is 6.92 Å². The molecule has 2 fully saturated rings. The smallest absolute Gasteiger partial charge is 0.140 e. The SMILES string of the molecule is C=C(C)C[C@@H]1C[C@@H]2[C@H](C1=O)C2(C)C. The zero-order chi connectivity index (χ0) is 9.80. The topological polar surface area (TPSA) is 17.1 Å². The van der Waals surface area contributed by atoms with Crippen molar-refractivity contribution in [2.24, 2.45) is 23.2 Å². The Bertz CT molecular complexity index is 275. The molecule has 1 nitrogen and oxygen atoms in total. The monoisotopic (exact) mass is 178 g/mol. The van der Waals surface area contributed by atoms with Gasteiger partial charge < -0.3 is 0 Å². The summed E-state index contributed by atoms with van der Waals surface area (Å²) in [6, 6.07) is 0. The number of rotatable bonds is 2. The predicted molar refractivity (Wildman–Crippen MR) is 53.3 cm³/mol. The lowest BCUT2D eigenvalue weighted by atomic mass is 9.88. The molecule has 0 amide bonds. The second-order valence-electron chi connectivity index (χ2n) is 5.40. The molecule has 0 unspecified atom stereocenters. The Kier molecular flexibility index (Phi) is 1.70. The molecule has 0 aliphatic heterocycles. The summed E-state index contributed by atoms with van der Waals surface area (Å²) >= 11 is 0. The van der Waals surface area contributed by atoms with Crippen LogP contribution in [0.3, 0.4) is 0 Å². The maximum Gasteiger partial charge on any atom is 0.140 e. The van der Waals surface area contributed by atoms with Crippen LogP contribution in [-0.4, -0.2) is 5.78 Å². The van der Waals surface area contributed by atoms with Crippen molar-refractivity contribution in [1.82, 2.24) is 0 Å². The van der Waals surface area contributed by atoms with Crippen LogP contribution in [0.1, 0.15) is 33.6 Å². The average Bonchev–Trinajstić information content (AvgIpc) is 2.33.